The van der Waals surface area contributed by atoms with E-state index in [-0.39, 0.29) is 12.5 Å². The average Bonchev–Trinajstić information content (AvgIpc) is 2.69. The van der Waals surface area contributed by atoms with Crippen LogP contribution in [0.3, 0.4) is 0 Å². The number of amides is 1. The topological polar surface area (TPSA) is 41.6 Å². The fraction of sp³-hybridized carbons (Fsp3) is 0.435. The van der Waals surface area contributed by atoms with E-state index in [1.54, 1.807) is 0 Å². The number of hydrogen-bond acceptors (Lipinski definition) is 3. The molecule has 1 amide bonds. The number of piperidine rings is 1. The molecule has 3 rings (SSSR count). The molecule has 5 heteroatoms. The molecule has 4 nitrogen and oxygen atoms in total. The summed E-state index contributed by atoms with van der Waals surface area (Å²) in [6, 6.07) is 16.0. The maximum absolute atomic E-state index is 12.0. The Bertz CT molecular complexity index is 763. The molecule has 1 atom stereocenters. The van der Waals surface area contributed by atoms with E-state index in [4.69, 9.17) is 16.3 Å². The molecule has 2 aromatic rings. The summed E-state index contributed by atoms with van der Waals surface area (Å²) in [4.78, 5) is 14.5. The molecule has 1 unspecified atom stereocenters. The lowest BCUT2D eigenvalue weighted by molar-refractivity contribution is -0.126. The van der Waals surface area contributed by atoms with Gasteiger partial charge in [0.2, 0.25) is 5.91 Å². The van der Waals surface area contributed by atoms with Crippen molar-refractivity contribution in [1.82, 2.24) is 10.2 Å². The zero-order valence-corrected chi connectivity index (χ0v) is 17.3. The van der Waals surface area contributed by atoms with E-state index in [1.165, 1.54) is 31.5 Å². The first-order valence-corrected chi connectivity index (χ1v) is 10.4. The third-order valence-corrected chi connectivity index (χ3v) is 5.48. The standard InChI is InChI=1S/C23H29ClN2O2/c1-18-5-4-12-26(14-18)15-20-10-8-19(9-11-20)13-25-23(27)17-28-16-21-6-2-3-7-22(21)24/h2-3,6-11,18H,4-5,12-17H2,1H3,(H,25,27). The van der Waals surface area contributed by atoms with Gasteiger partial charge in [-0.15, -0.1) is 0 Å². The maximum Gasteiger partial charge on any atom is 0.246 e. The molecule has 28 heavy (non-hydrogen) atoms. The summed E-state index contributed by atoms with van der Waals surface area (Å²) < 4.78 is 5.46. The summed E-state index contributed by atoms with van der Waals surface area (Å²) in [7, 11) is 0. The van der Waals surface area contributed by atoms with Crippen molar-refractivity contribution in [3.05, 3.63) is 70.2 Å². The monoisotopic (exact) mass is 400 g/mol. The molecule has 2 aromatic carbocycles. The van der Waals surface area contributed by atoms with Crippen molar-refractivity contribution >= 4 is 17.5 Å². The van der Waals surface area contributed by atoms with Crippen LogP contribution < -0.4 is 5.32 Å². The summed E-state index contributed by atoms with van der Waals surface area (Å²) >= 11 is 6.08. The van der Waals surface area contributed by atoms with Gasteiger partial charge < -0.3 is 10.1 Å². The molecule has 0 spiro atoms. The van der Waals surface area contributed by atoms with E-state index in [9.17, 15) is 4.79 Å². The second kappa shape index (κ2) is 10.6. The number of nitrogens with zero attached hydrogens (tertiary/aromatic N) is 1. The normalized spacial score (nSPS) is 17.4. The zero-order valence-electron chi connectivity index (χ0n) is 16.5. The van der Waals surface area contributed by atoms with Crippen LogP contribution in [-0.4, -0.2) is 30.5 Å². The summed E-state index contributed by atoms with van der Waals surface area (Å²) in [5, 5.41) is 3.55. The first-order chi connectivity index (χ1) is 13.6. The van der Waals surface area contributed by atoms with Crippen LogP contribution in [0.5, 0.6) is 0 Å². The van der Waals surface area contributed by atoms with Crippen molar-refractivity contribution in [2.75, 3.05) is 19.7 Å². The average molecular weight is 401 g/mol. The number of hydrogen-bond donors (Lipinski definition) is 1. The van der Waals surface area contributed by atoms with Crippen LogP contribution in [0.4, 0.5) is 0 Å². The van der Waals surface area contributed by atoms with Crippen LogP contribution in [0.2, 0.25) is 5.02 Å². The van der Waals surface area contributed by atoms with Gasteiger partial charge in [-0.05, 0) is 48.1 Å². The van der Waals surface area contributed by atoms with Crippen molar-refractivity contribution in [3.8, 4) is 0 Å². The van der Waals surface area contributed by atoms with Gasteiger partial charge in [-0.1, -0.05) is 61.0 Å². The molecule has 150 valence electrons. The van der Waals surface area contributed by atoms with Crippen LogP contribution >= 0.6 is 11.6 Å². The minimum Gasteiger partial charge on any atom is -0.367 e. The number of ether oxygens (including phenoxy) is 1. The molecule has 0 aliphatic carbocycles. The lowest BCUT2D eigenvalue weighted by atomic mass is 9.99. The molecule has 1 aliphatic rings. The lowest BCUT2D eigenvalue weighted by Crippen LogP contribution is -2.33. The summed E-state index contributed by atoms with van der Waals surface area (Å²) in [6.45, 7) is 6.58. The second-order valence-corrected chi connectivity index (χ2v) is 8.07. The van der Waals surface area contributed by atoms with Gasteiger partial charge in [-0.3, -0.25) is 9.69 Å². The minimum absolute atomic E-state index is 0.0243. The van der Waals surface area contributed by atoms with Gasteiger partial charge in [0, 0.05) is 24.7 Å². The van der Waals surface area contributed by atoms with Crippen molar-refractivity contribution in [1.29, 1.82) is 0 Å². The molecular weight excluding hydrogens is 372 g/mol. The van der Waals surface area contributed by atoms with Gasteiger partial charge in [0.25, 0.3) is 0 Å². The molecule has 1 fully saturated rings. The van der Waals surface area contributed by atoms with Crippen molar-refractivity contribution < 1.29 is 9.53 Å². The quantitative estimate of drug-likeness (QED) is 0.713. The highest BCUT2D eigenvalue weighted by molar-refractivity contribution is 6.31. The van der Waals surface area contributed by atoms with E-state index >= 15 is 0 Å². The number of benzene rings is 2. The molecule has 0 bridgehead atoms. The molecule has 1 heterocycles. The Kier molecular flexibility index (Phi) is 7.90. The van der Waals surface area contributed by atoms with Crippen LogP contribution in [0.1, 0.15) is 36.5 Å². The molecule has 1 aliphatic heterocycles. The highest BCUT2D eigenvalue weighted by Crippen LogP contribution is 2.18. The first kappa shape index (κ1) is 20.8. The fourth-order valence-electron chi connectivity index (χ4n) is 3.57. The highest BCUT2D eigenvalue weighted by atomic mass is 35.5. The first-order valence-electron chi connectivity index (χ1n) is 9.98. The Morgan fingerprint density at radius 3 is 2.68 bits per heavy atom. The van der Waals surface area contributed by atoms with E-state index in [2.05, 4.69) is 41.4 Å². The molecule has 1 N–H and O–H groups in total. The largest absolute Gasteiger partial charge is 0.367 e. The zero-order chi connectivity index (χ0) is 19.8. The smallest absolute Gasteiger partial charge is 0.246 e. The van der Waals surface area contributed by atoms with Gasteiger partial charge in [-0.25, -0.2) is 0 Å². The van der Waals surface area contributed by atoms with E-state index < -0.39 is 0 Å². The predicted octanol–water partition coefficient (Wildman–Crippen LogP) is 4.40. The molecule has 0 radical (unpaired) electrons. The Morgan fingerprint density at radius 2 is 1.93 bits per heavy atom. The Hall–Kier alpha value is -1.88. The SMILES string of the molecule is CC1CCCN(Cc2ccc(CNC(=O)COCc3ccccc3Cl)cc2)C1. The maximum atomic E-state index is 12.0. The van der Waals surface area contributed by atoms with Gasteiger partial charge in [0.15, 0.2) is 0 Å². The molecular formula is C23H29ClN2O2. The van der Waals surface area contributed by atoms with E-state index in [0.717, 1.165) is 23.6 Å². The number of halogens is 1. The van der Waals surface area contributed by atoms with Crippen LogP contribution in [0.25, 0.3) is 0 Å². The molecule has 1 saturated heterocycles. The minimum atomic E-state index is -0.126. The fourth-order valence-corrected chi connectivity index (χ4v) is 3.76. The van der Waals surface area contributed by atoms with Gasteiger partial charge >= 0.3 is 0 Å². The number of nitrogens with one attached hydrogen (secondary N) is 1. The summed E-state index contributed by atoms with van der Waals surface area (Å²) in [6.07, 6.45) is 2.64. The van der Waals surface area contributed by atoms with Crippen molar-refractivity contribution in [2.24, 2.45) is 5.92 Å². The Balaban J connectivity index is 1.37. The molecule has 0 saturated carbocycles. The van der Waals surface area contributed by atoms with Gasteiger partial charge in [-0.2, -0.15) is 0 Å². The van der Waals surface area contributed by atoms with Crippen LogP contribution in [0.15, 0.2) is 48.5 Å². The lowest BCUT2D eigenvalue weighted by Gasteiger charge is -2.30. The third-order valence-electron chi connectivity index (χ3n) is 5.11. The predicted molar refractivity (Wildman–Crippen MR) is 113 cm³/mol. The summed E-state index contributed by atoms with van der Waals surface area (Å²) in [5.74, 6) is 0.668. The van der Waals surface area contributed by atoms with E-state index in [0.29, 0.717) is 18.2 Å². The highest BCUT2D eigenvalue weighted by Gasteiger charge is 2.16. The second-order valence-electron chi connectivity index (χ2n) is 7.66. The number of carbonyl (C=O) groups is 1. The van der Waals surface area contributed by atoms with Crippen molar-refractivity contribution in [2.45, 2.75) is 39.5 Å². The number of rotatable bonds is 8. The number of likely N-dealkylation sites (tertiary alicyclic amines) is 1. The Labute approximate surface area is 172 Å². The van der Waals surface area contributed by atoms with Gasteiger partial charge in [0.05, 0.1) is 6.61 Å². The van der Waals surface area contributed by atoms with Crippen LogP contribution in [-0.2, 0) is 29.2 Å². The third kappa shape index (κ3) is 6.62. The van der Waals surface area contributed by atoms with Crippen LogP contribution in [0, 0.1) is 5.92 Å². The molecule has 0 aromatic heterocycles. The van der Waals surface area contributed by atoms with Crippen molar-refractivity contribution in [3.63, 3.8) is 0 Å². The Morgan fingerprint density at radius 1 is 1.18 bits per heavy atom. The van der Waals surface area contributed by atoms with E-state index in [1.807, 2.05) is 24.3 Å². The van der Waals surface area contributed by atoms with Gasteiger partial charge in [0.1, 0.15) is 6.61 Å². The summed E-state index contributed by atoms with van der Waals surface area (Å²) in [5.41, 5.74) is 3.30. The number of carbonyl (C=O) groups excluding carboxylic acids is 1.